The predicted octanol–water partition coefficient (Wildman–Crippen LogP) is -4.13. The molecule has 0 aromatic carbocycles. The van der Waals surface area contributed by atoms with Gasteiger partial charge in [0.25, 0.3) is 5.56 Å². The molecule has 0 radical (unpaired) electrons. The van der Waals surface area contributed by atoms with Gasteiger partial charge in [-0.25, -0.2) is 13.9 Å². The Hall–Kier alpha value is -1.34. The van der Waals surface area contributed by atoms with Gasteiger partial charge in [-0.1, -0.05) is 0 Å². The molecule has 0 amide bonds. The summed E-state index contributed by atoms with van der Waals surface area (Å²) in [5.41, 5.74) is -1.72. The van der Waals surface area contributed by atoms with Crippen molar-refractivity contribution in [1.82, 2.24) is 9.55 Å². The van der Waals surface area contributed by atoms with E-state index in [0.717, 1.165) is 16.8 Å². The fourth-order valence-corrected chi connectivity index (χ4v) is 6.08. The first-order valence-electron chi connectivity index (χ1n) is 10.3. The highest BCUT2D eigenvalue weighted by Gasteiger charge is 2.49. The van der Waals surface area contributed by atoms with E-state index in [0.29, 0.717) is 0 Å². The van der Waals surface area contributed by atoms with Gasteiger partial charge in [0.2, 0.25) is 0 Å². The second-order valence-electron chi connectivity index (χ2n) is 8.17. The van der Waals surface area contributed by atoms with E-state index in [1.54, 1.807) is 0 Å². The smallest absolute Gasteiger partial charge is 0.396 e. The lowest BCUT2D eigenvalue weighted by molar-refractivity contribution is -0.160. The summed E-state index contributed by atoms with van der Waals surface area (Å²) in [6, 6.07) is 0.938. The van der Waals surface area contributed by atoms with Crippen LogP contribution >= 0.6 is 15.6 Å². The van der Waals surface area contributed by atoms with Crippen LogP contribution in [-0.4, -0.2) is 106 Å². The van der Waals surface area contributed by atoms with Crippen LogP contribution in [0.2, 0.25) is 0 Å². The number of ether oxygens (including phenoxy) is 1. The maximum absolute atomic E-state index is 12.2. The number of nitrogens with one attached hydrogen (secondary N) is 1. The van der Waals surface area contributed by atoms with Crippen LogP contribution in [0.1, 0.15) is 12.6 Å². The van der Waals surface area contributed by atoms with Crippen LogP contribution in [0.4, 0.5) is 0 Å². The van der Waals surface area contributed by atoms with Gasteiger partial charge in [0.15, 0.2) is 6.23 Å². The molecule has 1 saturated heterocycles. The fraction of sp³-hybridized carbons (Fsp3) is 0.750. The van der Waals surface area contributed by atoms with Gasteiger partial charge in [-0.05, 0) is 6.42 Å². The van der Waals surface area contributed by atoms with Crippen molar-refractivity contribution in [3.63, 3.8) is 0 Å². The minimum Gasteiger partial charge on any atom is -0.396 e. The van der Waals surface area contributed by atoms with E-state index in [2.05, 4.69) is 13.4 Å². The van der Waals surface area contributed by atoms with E-state index >= 15 is 0 Å². The number of hydrogen-bond acceptors (Lipinski definition) is 14. The highest BCUT2D eigenvalue weighted by molar-refractivity contribution is 7.61. The van der Waals surface area contributed by atoms with Crippen molar-refractivity contribution in [1.29, 1.82) is 0 Å². The molecular weight excluding hydrogens is 538 g/mol. The third-order valence-electron chi connectivity index (χ3n) is 5.67. The van der Waals surface area contributed by atoms with Gasteiger partial charge in [-0.15, -0.1) is 0 Å². The first-order valence-corrected chi connectivity index (χ1v) is 13.3. The molecular formula is C16H26N2O16P2. The van der Waals surface area contributed by atoms with Crippen LogP contribution in [0.25, 0.3) is 0 Å². The largest absolute Gasteiger partial charge is 0.481 e. The Morgan fingerprint density at radius 3 is 2.28 bits per heavy atom. The normalized spacial score (nSPS) is 38.4. The van der Waals surface area contributed by atoms with Gasteiger partial charge in [-0.3, -0.25) is 23.4 Å². The molecule has 20 heteroatoms. The van der Waals surface area contributed by atoms with E-state index in [4.69, 9.17) is 4.74 Å². The Morgan fingerprint density at radius 1 is 1.00 bits per heavy atom. The molecule has 2 unspecified atom stereocenters. The van der Waals surface area contributed by atoms with E-state index < -0.39 is 101 Å². The molecule has 1 aromatic rings. The van der Waals surface area contributed by atoms with Gasteiger partial charge >= 0.3 is 21.3 Å². The summed E-state index contributed by atoms with van der Waals surface area (Å²) in [6.45, 7) is -1.67. The predicted molar refractivity (Wildman–Crippen MR) is 112 cm³/mol. The summed E-state index contributed by atoms with van der Waals surface area (Å²) in [4.78, 5) is 44.7. The van der Waals surface area contributed by atoms with Crippen molar-refractivity contribution in [3.8, 4) is 0 Å². The molecule has 18 nitrogen and oxygen atoms in total. The Bertz CT molecular complexity index is 1120. The number of aromatic amines is 1. The van der Waals surface area contributed by atoms with Crippen LogP contribution < -0.4 is 11.2 Å². The zero-order valence-corrected chi connectivity index (χ0v) is 19.9. The topological polar surface area (TPSA) is 288 Å². The minimum atomic E-state index is -5.47. The first-order chi connectivity index (χ1) is 16.7. The summed E-state index contributed by atoms with van der Waals surface area (Å²) in [5, 5.41) is 59.0. The Balaban J connectivity index is 1.61. The summed E-state index contributed by atoms with van der Waals surface area (Å²) >= 11 is 0. The lowest BCUT2D eigenvalue weighted by Gasteiger charge is -2.39. The second-order valence-corrected chi connectivity index (χ2v) is 11.2. The molecule has 36 heavy (non-hydrogen) atoms. The lowest BCUT2D eigenvalue weighted by Crippen LogP contribution is -2.54. The van der Waals surface area contributed by atoms with Crippen molar-refractivity contribution in [2.45, 2.75) is 55.4 Å². The molecule has 2 heterocycles. The third-order valence-corrected chi connectivity index (χ3v) is 8.34. The van der Waals surface area contributed by atoms with Crippen LogP contribution in [0.5, 0.6) is 0 Å². The fourth-order valence-electron chi connectivity index (χ4n) is 3.80. The van der Waals surface area contributed by atoms with Crippen molar-refractivity contribution < 1.29 is 67.7 Å². The number of phosphoric acid groups is 2. The minimum absolute atomic E-state index is 0.425. The zero-order valence-electron chi connectivity index (χ0n) is 18.2. The summed E-state index contributed by atoms with van der Waals surface area (Å²) < 4.78 is 43.7. The molecule has 1 aromatic heterocycles. The summed E-state index contributed by atoms with van der Waals surface area (Å²) in [5.74, 6) is -1.05. The SMILES string of the molecule is O=c1ccn([C@@H]2O[C@H](COP(=O)(O)OP(=O)(O)O[C@H]3C[C@H](CO)[C@@H](O)[C@H](O)[C@H]3O)[C@@H](O)[C@H]2O)c(=O)[nH]1. The number of nitrogens with zero attached hydrogens (tertiary/aromatic N) is 1. The van der Waals surface area contributed by atoms with E-state index in [1.807, 2.05) is 4.98 Å². The van der Waals surface area contributed by atoms with Gasteiger partial charge < -0.3 is 45.2 Å². The number of H-pyrrole nitrogens is 1. The first kappa shape index (κ1) is 29.2. The molecule has 2 aliphatic rings. The van der Waals surface area contributed by atoms with E-state index in [1.165, 1.54) is 0 Å². The van der Waals surface area contributed by atoms with Crippen LogP contribution in [0.15, 0.2) is 21.9 Å². The van der Waals surface area contributed by atoms with Crippen molar-refractivity contribution in [2.24, 2.45) is 5.92 Å². The summed E-state index contributed by atoms with van der Waals surface area (Å²) in [6.07, 6.45) is -13.1. The van der Waals surface area contributed by atoms with E-state index in [-0.39, 0.29) is 0 Å². The molecule has 1 saturated carbocycles. The zero-order chi connectivity index (χ0) is 27.0. The number of hydrogen-bond donors (Lipinski definition) is 9. The average Bonchev–Trinajstić information content (AvgIpc) is 3.06. The van der Waals surface area contributed by atoms with Crippen molar-refractivity contribution in [2.75, 3.05) is 13.2 Å². The third kappa shape index (κ3) is 6.56. The van der Waals surface area contributed by atoms with Gasteiger partial charge in [0.05, 0.1) is 18.8 Å². The Morgan fingerprint density at radius 2 is 1.67 bits per heavy atom. The molecule has 1 aliphatic heterocycles. The van der Waals surface area contributed by atoms with E-state index in [9.17, 15) is 59.1 Å². The lowest BCUT2D eigenvalue weighted by atomic mass is 9.81. The Labute approximate surface area is 201 Å². The van der Waals surface area contributed by atoms with Crippen molar-refractivity contribution >= 4 is 15.6 Å². The number of aliphatic hydroxyl groups excluding tert-OH is 6. The van der Waals surface area contributed by atoms with Crippen molar-refractivity contribution in [3.05, 3.63) is 33.1 Å². The summed E-state index contributed by atoms with van der Waals surface area (Å²) in [7, 11) is -10.9. The highest BCUT2D eigenvalue weighted by Crippen LogP contribution is 2.61. The molecule has 3 rings (SSSR count). The average molecular weight is 564 g/mol. The quantitative estimate of drug-likeness (QED) is 0.129. The highest BCUT2D eigenvalue weighted by atomic mass is 31.3. The van der Waals surface area contributed by atoms with Crippen LogP contribution in [0, 0.1) is 5.92 Å². The molecule has 1 aliphatic carbocycles. The molecule has 0 spiro atoms. The number of rotatable bonds is 9. The molecule has 2 fully saturated rings. The molecule has 9 N–H and O–H groups in total. The van der Waals surface area contributed by atoms with Gasteiger partial charge in [-0.2, -0.15) is 4.31 Å². The monoisotopic (exact) mass is 564 g/mol. The Kier molecular flexibility index (Phi) is 9.08. The maximum atomic E-state index is 12.2. The number of aromatic nitrogens is 2. The van der Waals surface area contributed by atoms with Crippen LogP contribution in [0.3, 0.4) is 0 Å². The second kappa shape index (κ2) is 11.2. The van der Waals surface area contributed by atoms with Gasteiger partial charge in [0.1, 0.15) is 30.5 Å². The van der Waals surface area contributed by atoms with Gasteiger partial charge in [0, 0.05) is 24.8 Å². The number of aliphatic hydroxyl groups is 6. The van der Waals surface area contributed by atoms with Crippen LogP contribution in [-0.2, 0) is 27.2 Å². The molecule has 206 valence electrons. The maximum Gasteiger partial charge on any atom is 0.481 e. The standard InChI is InChI=1S/C16H26N2O16P2/c19-4-6-3-7(11(22)13(24)10(6)21)33-36(29,30)34-35(27,28)31-5-8-12(23)14(25)15(32-8)18-2-1-9(20)17-16(18)26/h1-2,6-8,10-15,19,21-25H,3-5H2,(H,27,28)(H,29,30)(H,17,20,26)/t6-,7+,8-,10-,11+,12-,13+,14-,15-/m1/s1. The molecule has 11 atom stereocenters. The molecule has 0 bridgehead atoms. The number of phosphoric ester groups is 2.